The molecule has 7 nitrogen and oxygen atoms in total. The summed E-state index contributed by atoms with van der Waals surface area (Å²) in [5.74, 6) is 1.38. The maximum Gasteiger partial charge on any atom is 0.259 e. The second-order valence-electron chi connectivity index (χ2n) is 8.24. The molecule has 1 aliphatic heterocycles. The molecule has 0 bridgehead atoms. The molecule has 1 N–H and O–H groups in total. The number of ether oxygens (including phenoxy) is 1. The Morgan fingerprint density at radius 3 is 2.56 bits per heavy atom. The fourth-order valence-corrected chi connectivity index (χ4v) is 4.31. The van der Waals surface area contributed by atoms with E-state index in [0.717, 1.165) is 55.3 Å². The molecule has 2 aromatic heterocycles. The van der Waals surface area contributed by atoms with Crippen molar-refractivity contribution in [2.75, 3.05) is 37.0 Å². The number of rotatable bonds is 6. The first-order valence-electron chi connectivity index (χ1n) is 10.8. The molecule has 0 unspecified atom stereocenters. The minimum absolute atomic E-state index is 0.211. The minimum Gasteiger partial charge on any atom is -0.384 e. The molecule has 168 valence electrons. The van der Waals surface area contributed by atoms with Crippen LogP contribution >= 0.6 is 11.6 Å². The van der Waals surface area contributed by atoms with Gasteiger partial charge in [0.05, 0.1) is 35.0 Å². The second kappa shape index (κ2) is 9.71. The van der Waals surface area contributed by atoms with Gasteiger partial charge < -0.3 is 15.0 Å². The lowest BCUT2D eigenvalue weighted by molar-refractivity contribution is 0.102. The Morgan fingerprint density at radius 2 is 1.91 bits per heavy atom. The average Bonchev–Trinajstić information content (AvgIpc) is 3.17. The van der Waals surface area contributed by atoms with Gasteiger partial charge in [0, 0.05) is 31.8 Å². The third kappa shape index (κ3) is 4.79. The smallest absolute Gasteiger partial charge is 0.259 e. The predicted molar refractivity (Wildman–Crippen MR) is 127 cm³/mol. The van der Waals surface area contributed by atoms with E-state index >= 15 is 0 Å². The minimum atomic E-state index is -0.211. The van der Waals surface area contributed by atoms with Crippen molar-refractivity contribution in [1.82, 2.24) is 14.8 Å². The molecule has 32 heavy (non-hydrogen) atoms. The fourth-order valence-electron chi connectivity index (χ4n) is 4.19. The van der Waals surface area contributed by atoms with Gasteiger partial charge >= 0.3 is 0 Å². The summed E-state index contributed by atoms with van der Waals surface area (Å²) in [6.45, 7) is 6.66. The summed E-state index contributed by atoms with van der Waals surface area (Å²) in [5, 5.41) is 7.98. The number of halogens is 1. The molecule has 4 rings (SSSR count). The molecule has 1 amide bonds. The Hall–Kier alpha value is -2.90. The molecule has 0 aliphatic carbocycles. The zero-order chi connectivity index (χ0) is 22.7. The largest absolute Gasteiger partial charge is 0.384 e. The summed E-state index contributed by atoms with van der Waals surface area (Å²) < 4.78 is 7.02. The molecule has 1 aromatic carbocycles. The first kappa shape index (κ1) is 22.3. The molecule has 3 aromatic rings. The van der Waals surface area contributed by atoms with Crippen LogP contribution < -0.4 is 10.2 Å². The van der Waals surface area contributed by atoms with E-state index in [-0.39, 0.29) is 5.91 Å². The molecule has 8 heteroatoms. The molecule has 1 fully saturated rings. The number of anilines is 2. The van der Waals surface area contributed by atoms with E-state index in [0.29, 0.717) is 22.2 Å². The lowest BCUT2D eigenvalue weighted by Gasteiger charge is -2.33. The molecule has 0 saturated carbocycles. The molecular formula is C24H28ClN5O2. The molecule has 0 radical (unpaired) electrons. The summed E-state index contributed by atoms with van der Waals surface area (Å²) in [6.07, 6.45) is 5.51. The SMILES string of the molecule is COCC1CCN(c2ncc(NC(=O)c3cnn(-c4ccc(Cl)cc4)c3C)cc2C)CC1. The van der Waals surface area contributed by atoms with Crippen LogP contribution in [0.25, 0.3) is 5.69 Å². The van der Waals surface area contributed by atoms with Crippen molar-refractivity contribution in [1.29, 1.82) is 0 Å². The first-order valence-corrected chi connectivity index (χ1v) is 11.2. The van der Waals surface area contributed by atoms with Crippen molar-refractivity contribution in [2.45, 2.75) is 26.7 Å². The van der Waals surface area contributed by atoms with Gasteiger partial charge in [-0.1, -0.05) is 11.6 Å². The maximum atomic E-state index is 12.9. The van der Waals surface area contributed by atoms with Gasteiger partial charge in [-0.2, -0.15) is 5.10 Å². The Bertz CT molecular complexity index is 1090. The van der Waals surface area contributed by atoms with Crippen molar-refractivity contribution in [2.24, 2.45) is 5.92 Å². The number of methoxy groups -OCH3 is 1. The number of carbonyl (C=O) groups excluding carboxylic acids is 1. The summed E-state index contributed by atoms with van der Waals surface area (Å²) in [5.41, 5.74) is 3.83. The number of aryl methyl sites for hydroxylation is 1. The quantitative estimate of drug-likeness (QED) is 0.588. The normalized spacial score (nSPS) is 14.6. The molecule has 0 spiro atoms. The van der Waals surface area contributed by atoms with E-state index in [1.54, 1.807) is 36.3 Å². The average molecular weight is 454 g/mol. The lowest BCUT2D eigenvalue weighted by Crippen LogP contribution is -2.36. The van der Waals surface area contributed by atoms with Crippen LogP contribution in [-0.2, 0) is 4.74 Å². The van der Waals surface area contributed by atoms with Gasteiger partial charge in [-0.25, -0.2) is 9.67 Å². The summed E-state index contributed by atoms with van der Waals surface area (Å²) in [7, 11) is 1.76. The van der Waals surface area contributed by atoms with Gasteiger partial charge in [-0.05, 0) is 68.5 Å². The zero-order valence-corrected chi connectivity index (χ0v) is 19.4. The van der Waals surface area contributed by atoms with Crippen molar-refractivity contribution in [3.63, 3.8) is 0 Å². The van der Waals surface area contributed by atoms with Crippen LogP contribution in [0.5, 0.6) is 0 Å². The van der Waals surface area contributed by atoms with Crippen LogP contribution in [0, 0.1) is 19.8 Å². The number of piperidine rings is 1. The number of benzene rings is 1. The molecule has 0 atom stereocenters. The van der Waals surface area contributed by atoms with Crippen LogP contribution in [-0.4, -0.2) is 47.5 Å². The van der Waals surface area contributed by atoms with E-state index in [9.17, 15) is 4.79 Å². The van der Waals surface area contributed by atoms with Crippen LogP contribution in [0.2, 0.25) is 5.02 Å². The number of amides is 1. The van der Waals surface area contributed by atoms with E-state index < -0.39 is 0 Å². The topological polar surface area (TPSA) is 72.3 Å². The third-order valence-corrected chi connectivity index (χ3v) is 6.20. The van der Waals surface area contributed by atoms with Crippen LogP contribution in [0.3, 0.4) is 0 Å². The van der Waals surface area contributed by atoms with Gasteiger partial charge in [0.2, 0.25) is 0 Å². The summed E-state index contributed by atoms with van der Waals surface area (Å²) >= 11 is 5.97. The van der Waals surface area contributed by atoms with E-state index in [4.69, 9.17) is 16.3 Å². The van der Waals surface area contributed by atoms with Gasteiger partial charge in [0.25, 0.3) is 5.91 Å². The first-order chi connectivity index (χ1) is 15.5. The number of pyridine rings is 1. The van der Waals surface area contributed by atoms with Crippen molar-refractivity contribution >= 4 is 29.0 Å². The number of aromatic nitrogens is 3. The third-order valence-electron chi connectivity index (χ3n) is 5.95. The Labute approximate surface area is 193 Å². The highest BCUT2D eigenvalue weighted by Gasteiger charge is 2.22. The number of carbonyl (C=O) groups is 1. The fraction of sp³-hybridized carbons (Fsp3) is 0.375. The van der Waals surface area contributed by atoms with Crippen LogP contribution in [0.4, 0.5) is 11.5 Å². The monoisotopic (exact) mass is 453 g/mol. The van der Waals surface area contributed by atoms with Crippen molar-refractivity contribution in [3.05, 3.63) is 64.6 Å². The van der Waals surface area contributed by atoms with Gasteiger partial charge in [-0.3, -0.25) is 4.79 Å². The zero-order valence-electron chi connectivity index (χ0n) is 18.6. The summed E-state index contributed by atoms with van der Waals surface area (Å²) in [4.78, 5) is 19.9. The summed E-state index contributed by atoms with van der Waals surface area (Å²) in [6, 6.07) is 9.31. The Kier molecular flexibility index (Phi) is 6.77. The predicted octanol–water partition coefficient (Wildman–Crippen LogP) is 4.65. The van der Waals surface area contributed by atoms with E-state index in [1.165, 1.54) is 0 Å². The van der Waals surface area contributed by atoms with Gasteiger partial charge in [-0.15, -0.1) is 0 Å². The molecule has 1 aliphatic rings. The van der Waals surface area contributed by atoms with Crippen molar-refractivity contribution in [3.8, 4) is 5.69 Å². The van der Waals surface area contributed by atoms with E-state index in [2.05, 4.69) is 20.3 Å². The highest BCUT2D eigenvalue weighted by atomic mass is 35.5. The molecule has 1 saturated heterocycles. The van der Waals surface area contributed by atoms with Crippen LogP contribution in [0.15, 0.2) is 42.7 Å². The Balaban J connectivity index is 1.44. The standard InChI is InChI=1S/C24H28ClN5O2/c1-16-12-20(13-26-23(16)29-10-8-18(9-11-29)15-32-3)28-24(31)22-14-27-30(17(22)2)21-6-4-19(25)5-7-21/h4-7,12-14,18H,8-11,15H2,1-3H3,(H,28,31). The Morgan fingerprint density at radius 1 is 1.19 bits per heavy atom. The van der Waals surface area contributed by atoms with Gasteiger partial charge in [0.15, 0.2) is 0 Å². The number of hydrogen-bond donors (Lipinski definition) is 1. The van der Waals surface area contributed by atoms with Gasteiger partial charge in [0.1, 0.15) is 5.82 Å². The number of nitrogens with one attached hydrogen (secondary N) is 1. The molecule has 3 heterocycles. The van der Waals surface area contributed by atoms with Crippen molar-refractivity contribution < 1.29 is 9.53 Å². The maximum absolute atomic E-state index is 12.9. The lowest BCUT2D eigenvalue weighted by atomic mass is 9.97. The number of nitrogens with zero attached hydrogens (tertiary/aromatic N) is 4. The van der Waals surface area contributed by atoms with E-state index in [1.807, 2.05) is 32.0 Å². The number of hydrogen-bond acceptors (Lipinski definition) is 5. The highest BCUT2D eigenvalue weighted by Crippen LogP contribution is 2.26. The molecular weight excluding hydrogens is 426 g/mol. The highest BCUT2D eigenvalue weighted by molar-refractivity contribution is 6.30. The second-order valence-corrected chi connectivity index (χ2v) is 8.67. The van der Waals surface area contributed by atoms with Crippen LogP contribution in [0.1, 0.15) is 34.5 Å².